The van der Waals surface area contributed by atoms with Gasteiger partial charge in [-0.3, -0.25) is 14.6 Å². The van der Waals surface area contributed by atoms with E-state index >= 15 is 0 Å². The maximum atomic E-state index is 12.2. The van der Waals surface area contributed by atoms with Crippen LogP contribution in [0.2, 0.25) is 0 Å². The van der Waals surface area contributed by atoms with Gasteiger partial charge in [0.2, 0.25) is 6.61 Å². The molecule has 0 aliphatic carbocycles. The molecule has 0 aliphatic heterocycles. The van der Waals surface area contributed by atoms with E-state index in [1.54, 1.807) is 0 Å². The Bertz CT molecular complexity index is 1010. The molecule has 0 heterocycles. The maximum absolute atomic E-state index is 12.2. The fourth-order valence-corrected chi connectivity index (χ4v) is 7.01. The molecule has 1 radical (unpaired) electrons. The SMILES string of the molecule is [2H]C([2H])([2H])CCCCCCCCCCCCCCCCC(=O)OC[C@@H](O)C[NH+](C[C@H](O)COC(=[O+])CCCCCCCCCCCCCCCCC([2H])([2H])[2H])OP(=O)(O)O. The number of nitrogens with one attached hydrogen (secondary N) is 1. The zero-order chi connectivity index (χ0) is 45.0. The van der Waals surface area contributed by atoms with Gasteiger partial charge in [0.1, 0.15) is 32.2 Å². The average molecular weight is 801 g/mol. The molecule has 0 spiro atoms. The summed E-state index contributed by atoms with van der Waals surface area (Å²) in [5.41, 5.74) is 0. The van der Waals surface area contributed by atoms with Gasteiger partial charge in [-0.05, 0) is 12.8 Å². The minimum absolute atomic E-state index is 0.200. The fraction of sp³-hybridized carbons (Fsp3) is 0.952. The Kier molecular flexibility index (Phi) is 30.6. The molecular weight excluding hydrogens is 709 g/mol. The van der Waals surface area contributed by atoms with E-state index in [4.69, 9.17) is 17.7 Å². The van der Waals surface area contributed by atoms with Gasteiger partial charge in [-0.15, -0.1) is 0 Å². The topological polar surface area (TPSA) is 167 Å². The van der Waals surface area contributed by atoms with Crippen LogP contribution < -0.4 is 5.06 Å². The van der Waals surface area contributed by atoms with Gasteiger partial charge >= 0.3 is 19.8 Å². The van der Waals surface area contributed by atoms with E-state index in [0.717, 1.165) is 89.9 Å². The lowest BCUT2D eigenvalue weighted by atomic mass is 10.0. The number of hydrogen-bond acceptors (Lipinski definition) is 8. The standard InChI is InChI=1S/C42H84NO10P/c1-3-5-7-9-11-13-15-17-19-21-23-25-27-29-31-33-41(46)51-37-39(44)35-43(53-54(48,49)50)36-40(45)38-52-42(47)34-32-30-28-26-24-22-20-18-16-14-12-10-8-6-4-2/h39-40,44-45H,3-38H2,1-2H3,(H2,48,49,50)/q+1/p+1/t39-,40-/m0/s1/i1D3,2D3. The van der Waals surface area contributed by atoms with Crippen LogP contribution in [0.4, 0.5) is 0 Å². The number of carbonyl (C=O) groups is 2. The second-order valence-electron chi connectivity index (χ2n) is 15.1. The Morgan fingerprint density at radius 3 is 1.22 bits per heavy atom. The van der Waals surface area contributed by atoms with Crippen LogP contribution in [-0.2, 0) is 28.3 Å². The Labute approximate surface area is 338 Å². The fourth-order valence-electron chi connectivity index (χ4n) is 6.52. The predicted octanol–water partition coefficient (Wildman–Crippen LogP) is 9.23. The van der Waals surface area contributed by atoms with Gasteiger partial charge in [0, 0.05) is 19.4 Å². The number of rotatable bonds is 42. The summed E-state index contributed by atoms with van der Waals surface area (Å²) in [6.45, 7) is -5.18. The van der Waals surface area contributed by atoms with Crippen LogP contribution >= 0.6 is 7.82 Å². The molecule has 0 aromatic carbocycles. The molecule has 0 saturated heterocycles. The van der Waals surface area contributed by atoms with E-state index in [0.29, 0.717) is 25.7 Å². The molecule has 12 heteroatoms. The molecule has 0 rings (SSSR count). The van der Waals surface area contributed by atoms with Crippen molar-refractivity contribution in [1.82, 2.24) is 0 Å². The minimum Gasteiger partial charge on any atom is -0.463 e. The lowest BCUT2D eigenvalue weighted by Gasteiger charge is -2.21. The first-order chi connectivity index (χ1) is 28.4. The summed E-state index contributed by atoms with van der Waals surface area (Å²) in [5.74, 6) is -0.957. The molecular formula is C42H85NO10P+2. The highest BCUT2D eigenvalue weighted by atomic mass is 31.2. The highest BCUT2D eigenvalue weighted by Gasteiger charge is 2.31. The number of hydrogen-bond donors (Lipinski definition) is 5. The van der Waals surface area contributed by atoms with Crippen LogP contribution in [0.25, 0.3) is 0 Å². The van der Waals surface area contributed by atoms with E-state index in [1.165, 1.54) is 77.0 Å². The molecule has 0 saturated carbocycles. The maximum Gasteiger partial charge on any atom is 0.574 e. The summed E-state index contributed by atoms with van der Waals surface area (Å²) in [6.07, 6.45) is 28.3. The van der Waals surface area contributed by atoms with Crippen LogP contribution in [0.15, 0.2) is 0 Å². The molecule has 2 atom stereocenters. The summed E-state index contributed by atoms with van der Waals surface area (Å²) in [4.78, 5) is 43.0. The number of carbonyl (C=O) groups excluding carboxylic acids is 2. The molecule has 0 amide bonds. The summed E-state index contributed by atoms with van der Waals surface area (Å²) in [5, 5.41) is 20.5. The van der Waals surface area contributed by atoms with Crippen molar-refractivity contribution in [2.24, 2.45) is 0 Å². The van der Waals surface area contributed by atoms with Crippen LogP contribution in [0, 0.1) is 0 Å². The number of ether oxygens (including phenoxy) is 2. The second-order valence-corrected chi connectivity index (χ2v) is 16.3. The minimum atomic E-state index is -5.00. The molecule has 0 fully saturated rings. The molecule has 0 unspecified atom stereocenters. The smallest absolute Gasteiger partial charge is 0.463 e. The van der Waals surface area contributed by atoms with Crippen molar-refractivity contribution in [3.05, 3.63) is 0 Å². The van der Waals surface area contributed by atoms with Crippen LogP contribution in [0.3, 0.4) is 0 Å². The first-order valence-corrected chi connectivity index (χ1v) is 23.2. The highest BCUT2D eigenvalue weighted by Crippen LogP contribution is 2.32. The summed E-state index contributed by atoms with van der Waals surface area (Å²) in [7, 11) is -5.00. The molecule has 54 heavy (non-hydrogen) atoms. The van der Waals surface area contributed by atoms with E-state index < -0.39 is 72.0 Å². The van der Waals surface area contributed by atoms with Crippen LogP contribution in [0.5, 0.6) is 0 Å². The van der Waals surface area contributed by atoms with Crippen molar-refractivity contribution in [3.8, 4) is 0 Å². The van der Waals surface area contributed by atoms with E-state index in [-0.39, 0.29) is 17.9 Å². The van der Waals surface area contributed by atoms with Crippen molar-refractivity contribution >= 4 is 19.8 Å². The molecule has 0 aromatic heterocycles. The normalized spacial score (nSPS) is 15.6. The molecule has 0 bridgehead atoms. The Morgan fingerprint density at radius 2 is 0.870 bits per heavy atom. The first kappa shape index (κ1) is 42.5. The monoisotopic (exact) mass is 801 g/mol. The van der Waals surface area contributed by atoms with Crippen molar-refractivity contribution < 1.29 is 61.5 Å². The van der Waals surface area contributed by atoms with Gasteiger partial charge < -0.3 is 19.7 Å². The number of aliphatic hydroxyl groups is 2. The summed E-state index contributed by atoms with van der Waals surface area (Å²) in [6, 6.07) is 0. The van der Waals surface area contributed by atoms with Crippen molar-refractivity contribution in [2.45, 2.75) is 231 Å². The predicted molar refractivity (Wildman–Crippen MR) is 217 cm³/mol. The van der Waals surface area contributed by atoms with Crippen molar-refractivity contribution in [1.29, 1.82) is 0 Å². The average Bonchev–Trinajstić information content (AvgIpc) is 3.14. The van der Waals surface area contributed by atoms with Crippen molar-refractivity contribution in [2.75, 3.05) is 26.3 Å². The van der Waals surface area contributed by atoms with E-state index in [2.05, 4.69) is 4.62 Å². The van der Waals surface area contributed by atoms with Crippen LogP contribution in [0.1, 0.15) is 227 Å². The quantitative estimate of drug-likeness (QED) is 0.0132. The zero-order valence-electron chi connectivity index (χ0n) is 39.8. The molecule has 0 aliphatic rings. The van der Waals surface area contributed by atoms with Crippen LogP contribution in [-0.4, -0.2) is 70.4 Å². The summed E-state index contributed by atoms with van der Waals surface area (Å²) < 4.78 is 69.9. The van der Waals surface area contributed by atoms with Gasteiger partial charge in [-0.2, -0.15) is 5.06 Å². The van der Waals surface area contributed by atoms with Gasteiger partial charge in [0.05, 0.1) is 0 Å². The van der Waals surface area contributed by atoms with Gasteiger partial charge in [0.25, 0.3) is 0 Å². The highest BCUT2D eigenvalue weighted by molar-refractivity contribution is 7.46. The number of aliphatic hydroxyl groups excluding tert-OH is 2. The number of phosphoric acid groups is 1. The molecule has 11 nitrogen and oxygen atoms in total. The Hall–Kier alpha value is -1.07. The lowest BCUT2D eigenvalue weighted by molar-refractivity contribution is -1.07. The summed E-state index contributed by atoms with van der Waals surface area (Å²) >= 11 is 0. The lowest BCUT2D eigenvalue weighted by Crippen LogP contribution is -3.13. The van der Waals surface area contributed by atoms with Gasteiger partial charge in [-0.25, -0.2) is 4.57 Å². The van der Waals surface area contributed by atoms with E-state index in [9.17, 15) is 34.2 Å². The zero-order valence-corrected chi connectivity index (χ0v) is 34.7. The van der Waals surface area contributed by atoms with Gasteiger partial charge in [0.15, 0.2) is 6.10 Å². The molecule has 321 valence electrons. The Balaban J connectivity index is 3.92. The first-order valence-electron chi connectivity index (χ1n) is 24.6. The number of esters is 2. The Morgan fingerprint density at radius 1 is 0.556 bits per heavy atom. The van der Waals surface area contributed by atoms with Crippen molar-refractivity contribution in [3.63, 3.8) is 0 Å². The number of hydroxylamine groups is 2. The largest absolute Gasteiger partial charge is 0.574 e. The number of unbranched alkanes of at least 4 members (excludes halogenated alkanes) is 26. The third-order valence-electron chi connectivity index (χ3n) is 9.66. The second kappa shape index (κ2) is 38.8. The third-order valence-corrected chi connectivity index (χ3v) is 10.2. The number of quaternary nitrogens is 1. The van der Waals surface area contributed by atoms with Gasteiger partial charge in [-0.1, -0.05) is 198 Å². The molecule has 5 N–H and O–H groups in total. The van der Waals surface area contributed by atoms with E-state index in [1.807, 2.05) is 0 Å². The molecule has 0 aromatic rings. The third kappa shape index (κ3) is 40.6.